The summed E-state index contributed by atoms with van der Waals surface area (Å²) < 4.78 is 0. The summed E-state index contributed by atoms with van der Waals surface area (Å²) in [6.45, 7) is 7.30. The monoisotopic (exact) mass is 359 g/mol. The van der Waals surface area contributed by atoms with Gasteiger partial charge in [-0.05, 0) is 31.9 Å². The summed E-state index contributed by atoms with van der Waals surface area (Å²) in [7, 11) is 0. The van der Waals surface area contributed by atoms with E-state index in [1.807, 2.05) is 4.90 Å². The lowest BCUT2D eigenvalue weighted by atomic mass is 9.98. The molecule has 1 amide bonds. The van der Waals surface area contributed by atoms with E-state index < -0.39 is 0 Å². The van der Waals surface area contributed by atoms with Crippen LogP contribution in [0.3, 0.4) is 0 Å². The molecular formula is C18H25N5OS. The molecule has 2 aliphatic rings. The summed E-state index contributed by atoms with van der Waals surface area (Å²) in [6, 6.07) is 2.22. The number of carbonyl (C=O) groups excluding carboxylic acids is 1. The Kier molecular flexibility index (Phi) is 4.85. The summed E-state index contributed by atoms with van der Waals surface area (Å²) in [5.41, 5.74) is 0. The zero-order valence-corrected chi connectivity index (χ0v) is 15.5. The van der Waals surface area contributed by atoms with Gasteiger partial charge >= 0.3 is 0 Å². The van der Waals surface area contributed by atoms with Crippen LogP contribution in [0, 0.1) is 5.92 Å². The molecule has 1 N–H and O–H groups in total. The van der Waals surface area contributed by atoms with Crippen LogP contribution in [0.5, 0.6) is 0 Å². The van der Waals surface area contributed by atoms with Gasteiger partial charge in [-0.2, -0.15) is 0 Å². The minimum absolute atomic E-state index is 0.162. The highest BCUT2D eigenvalue weighted by atomic mass is 32.1. The van der Waals surface area contributed by atoms with Crippen molar-refractivity contribution in [2.75, 3.05) is 44.2 Å². The molecule has 0 aromatic carbocycles. The number of nitrogens with zero attached hydrogens (tertiary/aromatic N) is 4. The highest BCUT2D eigenvalue weighted by molar-refractivity contribution is 7.18. The number of amides is 1. The Bertz CT molecular complexity index is 747. The number of anilines is 1. The standard InChI is InChI=1S/C18H25N5OS/c1-2-14-10-15-16(20-12-21-17(15)25-14)22-6-8-23(9-7-22)18(24)13-4-3-5-19-11-13/h10,12-13,19H,2-9,11H2,1H3. The Balaban J connectivity index is 1.45. The van der Waals surface area contributed by atoms with Gasteiger partial charge in [-0.15, -0.1) is 11.3 Å². The van der Waals surface area contributed by atoms with E-state index in [0.29, 0.717) is 5.91 Å². The Labute approximate surface area is 152 Å². The maximum atomic E-state index is 12.7. The Morgan fingerprint density at radius 3 is 2.88 bits per heavy atom. The summed E-state index contributed by atoms with van der Waals surface area (Å²) in [6.07, 6.45) is 4.82. The highest BCUT2D eigenvalue weighted by Crippen LogP contribution is 2.31. The van der Waals surface area contributed by atoms with E-state index in [-0.39, 0.29) is 5.92 Å². The van der Waals surface area contributed by atoms with Crippen LogP contribution in [0.4, 0.5) is 5.82 Å². The second-order valence-corrected chi connectivity index (χ2v) is 7.95. The van der Waals surface area contributed by atoms with Crippen LogP contribution in [0.25, 0.3) is 10.2 Å². The van der Waals surface area contributed by atoms with Crippen LogP contribution in [0.1, 0.15) is 24.6 Å². The van der Waals surface area contributed by atoms with Gasteiger partial charge in [0.05, 0.1) is 11.3 Å². The molecule has 0 radical (unpaired) electrons. The maximum absolute atomic E-state index is 12.7. The van der Waals surface area contributed by atoms with E-state index >= 15 is 0 Å². The van der Waals surface area contributed by atoms with E-state index in [1.165, 1.54) is 4.88 Å². The third-order valence-corrected chi connectivity index (χ3v) is 6.43. The van der Waals surface area contributed by atoms with Crippen molar-refractivity contribution in [3.05, 3.63) is 17.3 Å². The molecule has 2 aromatic heterocycles. The van der Waals surface area contributed by atoms with Crippen molar-refractivity contribution in [2.24, 2.45) is 5.92 Å². The quantitative estimate of drug-likeness (QED) is 0.907. The van der Waals surface area contributed by atoms with Gasteiger partial charge in [-0.25, -0.2) is 9.97 Å². The molecule has 1 atom stereocenters. The van der Waals surface area contributed by atoms with Gasteiger partial charge in [-0.1, -0.05) is 6.92 Å². The van der Waals surface area contributed by atoms with Crippen LogP contribution < -0.4 is 10.2 Å². The van der Waals surface area contributed by atoms with Crippen LogP contribution in [0.2, 0.25) is 0 Å². The number of aromatic nitrogens is 2. The van der Waals surface area contributed by atoms with Crippen LogP contribution in [-0.4, -0.2) is 60.0 Å². The van der Waals surface area contributed by atoms with Gasteiger partial charge in [-0.3, -0.25) is 4.79 Å². The van der Waals surface area contributed by atoms with Crippen molar-refractivity contribution in [1.82, 2.24) is 20.2 Å². The molecule has 134 valence electrons. The fourth-order valence-electron chi connectivity index (χ4n) is 3.78. The van der Waals surface area contributed by atoms with Gasteiger partial charge in [0, 0.05) is 37.6 Å². The van der Waals surface area contributed by atoms with Crippen molar-refractivity contribution in [2.45, 2.75) is 26.2 Å². The summed E-state index contributed by atoms with van der Waals surface area (Å²) in [5.74, 6) is 1.51. The molecule has 1 unspecified atom stereocenters. The van der Waals surface area contributed by atoms with Gasteiger partial charge in [0.15, 0.2) is 0 Å². The van der Waals surface area contributed by atoms with Gasteiger partial charge in [0.25, 0.3) is 0 Å². The van der Waals surface area contributed by atoms with Crippen LogP contribution >= 0.6 is 11.3 Å². The molecular weight excluding hydrogens is 334 g/mol. The average molecular weight is 359 g/mol. The summed E-state index contributed by atoms with van der Waals surface area (Å²) in [5, 5.41) is 4.50. The first-order valence-electron chi connectivity index (χ1n) is 9.24. The molecule has 2 aromatic rings. The van der Waals surface area contributed by atoms with E-state index in [1.54, 1.807) is 17.7 Å². The first kappa shape index (κ1) is 16.7. The predicted molar refractivity (Wildman–Crippen MR) is 101 cm³/mol. The highest BCUT2D eigenvalue weighted by Gasteiger charge is 2.29. The zero-order chi connectivity index (χ0) is 17.2. The number of aryl methyl sites for hydroxylation is 1. The Hall–Kier alpha value is -1.73. The SMILES string of the molecule is CCc1cc2c(N3CCN(C(=O)C4CCCNC4)CC3)ncnc2s1. The number of piperazine rings is 1. The zero-order valence-electron chi connectivity index (χ0n) is 14.7. The lowest BCUT2D eigenvalue weighted by Crippen LogP contribution is -2.52. The normalized spacial score (nSPS) is 21.7. The lowest BCUT2D eigenvalue weighted by molar-refractivity contribution is -0.136. The van der Waals surface area contributed by atoms with E-state index in [4.69, 9.17) is 0 Å². The summed E-state index contributed by atoms with van der Waals surface area (Å²) in [4.78, 5) is 28.4. The van der Waals surface area contributed by atoms with E-state index in [0.717, 1.165) is 74.6 Å². The summed E-state index contributed by atoms with van der Waals surface area (Å²) >= 11 is 1.75. The number of thiophene rings is 1. The van der Waals surface area contributed by atoms with Gasteiger partial charge < -0.3 is 15.1 Å². The molecule has 6 nitrogen and oxygen atoms in total. The molecule has 2 aliphatic heterocycles. The number of nitrogens with one attached hydrogen (secondary N) is 1. The van der Waals surface area contributed by atoms with Crippen LogP contribution in [0.15, 0.2) is 12.4 Å². The molecule has 0 saturated carbocycles. The number of fused-ring (bicyclic) bond motifs is 1. The van der Waals surface area contributed by atoms with E-state index in [9.17, 15) is 4.79 Å². The molecule has 4 heterocycles. The Morgan fingerprint density at radius 2 is 2.16 bits per heavy atom. The van der Waals surface area contributed by atoms with Gasteiger partial charge in [0.2, 0.25) is 5.91 Å². The number of hydrogen-bond donors (Lipinski definition) is 1. The molecule has 2 saturated heterocycles. The minimum Gasteiger partial charge on any atom is -0.352 e. The molecule has 2 fully saturated rings. The van der Waals surface area contributed by atoms with Crippen molar-refractivity contribution in [1.29, 1.82) is 0 Å². The second kappa shape index (κ2) is 7.25. The first-order chi connectivity index (χ1) is 12.3. The topological polar surface area (TPSA) is 61.4 Å². The molecule has 7 heteroatoms. The molecule has 25 heavy (non-hydrogen) atoms. The third-order valence-electron chi connectivity index (χ3n) is 5.24. The van der Waals surface area contributed by atoms with E-state index in [2.05, 4.69) is 33.2 Å². The number of piperidine rings is 1. The molecule has 4 rings (SSSR count). The average Bonchev–Trinajstić information content (AvgIpc) is 3.12. The van der Waals surface area contributed by atoms with Crippen LogP contribution in [-0.2, 0) is 11.2 Å². The third kappa shape index (κ3) is 3.35. The fraction of sp³-hybridized carbons (Fsp3) is 0.611. The molecule has 0 bridgehead atoms. The fourth-order valence-corrected chi connectivity index (χ4v) is 4.71. The maximum Gasteiger partial charge on any atom is 0.227 e. The van der Waals surface area contributed by atoms with Crippen molar-refractivity contribution in [3.8, 4) is 0 Å². The Morgan fingerprint density at radius 1 is 1.32 bits per heavy atom. The number of hydrogen-bond acceptors (Lipinski definition) is 6. The second-order valence-electron chi connectivity index (χ2n) is 6.84. The van der Waals surface area contributed by atoms with Crippen molar-refractivity contribution < 1.29 is 4.79 Å². The first-order valence-corrected chi connectivity index (χ1v) is 10.1. The smallest absolute Gasteiger partial charge is 0.227 e. The largest absolute Gasteiger partial charge is 0.352 e. The number of carbonyl (C=O) groups is 1. The van der Waals surface area contributed by atoms with Crippen molar-refractivity contribution in [3.63, 3.8) is 0 Å². The predicted octanol–water partition coefficient (Wildman–Crippen LogP) is 1.90. The molecule has 0 spiro atoms. The minimum atomic E-state index is 0.162. The number of rotatable bonds is 3. The van der Waals surface area contributed by atoms with Crippen molar-refractivity contribution >= 4 is 33.3 Å². The lowest BCUT2D eigenvalue weighted by Gasteiger charge is -2.37. The van der Waals surface area contributed by atoms with Gasteiger partial charge in [0.1, 0.15) is 17.0 Å². The molecule has 0 aliphatic carbocycles.